The third kappa shape index (κ3) is 5.47. The maximum atomic E-state index is 13.4. The molecule has 0 unspecified atom stereocenters. The van der Waals surface area contributed by atoms with E-state index in [-0.39, 0.29) is 36.2 Å². The van der Waals surface area contributed by atoms with Crippen LogP contribution in [0.25, 0.3) is 0 Å². The fourth-order valence-corrected chi connectivity index (χ4v) is 13.3. The van der Waals surface area contributed by atoms with Crippen LogP contribution >= 0.6 is 0 Å². The minimum atomic E-state index is -1.76. The molecule has 3 saturated carbocycles. The number of esters is 1. The summed E-state index contributed by atoms with van der Waals surface area (Å²) in [5, 5.41) is 0.260. The van der Waals surface area contributed by atoms with Gasteiger partial charge in [-0.3, -0.25) is 0 Å². The van der Waals surface area contributed by atoms with E-state index in [1.807, 2.05) is 6.92 Å². The van der Waals surface area contributed by atoms with Crippen LogP contribution in [0.3, 0.4) is 0 Å². The van der Waals surface area contributed by atoms with Crippen molar-refractivity contribution in [2.75, 3.05) is 6.61 Å². The van der Waals surface area contributed by atoms with Gasteiger partial charge in [0.15, 0.2) is 0 Å². The molecule has 1 aromatic rings. The molecule has 40 heavy (non-hydrogen) atoms. The van der Waals surface area contributed by atoms with Crippen molar-refractivity contribution in [3.05, 3.63) is 42.0 Å². The molecule has 4 aliphatic carbocycles. The molecular weight excluding hydrogens is 575 g/mol. The van der Waals surface area contributed by atoms with Gasteiger partial charge in [-0.15, -0.1) is 0 Å². The van der Waals surface area contributed by atoms with E-state index < -0.39 is 8.32 Å². The van der Waals surface area contributed by atoms with Crippen LogP contribution < -0.4 is 4.46 Å². The maximum absolute atomic E-state index is 13.4. The summed E-state index contributed by atoms with van der Waals surface area (Å²) in [4.78, 5) is 13.5. The number of fused-ring (bicyclic) bond motifs is 5. The first kappa shape index (κ1) is 30.6. The van der Waals surface area contributed by atoms with E-state index in [0.717, 1.165) is 24.2 Å². The second-order valence-corrected chi connectivity index (χ2v) is 22.6. The fourth-order valence-electron chi connectivity index (χ4n) is 9.02. The van der Waals surface area contributed by atoms with Crippen molar-refractivity contribution in [1.82, 2.24) is 0 Å². The molecule has 0 N–H and O–H groups in total. The van der Waals surface area contributed by atoms with Crippen molar-refractivity contribution in [3.8, 4) is 0 Å². The summed E-state index contributed by atoms with van der Waals surface area (Å²) in [6.07, 6.45) is 12.9. The Morgan fingerprint density at radius 3 is 2.45 bits per heavy atom. The molecule has 4 aliphatic rings. The SMILES string of the molecule is CCOC(=O)[C@H]([Se]c1ccccc1)[C@H]1CC[C@H]2[C@@H]3CC=C4C[C@@H](O[Si](C)(C)C(C)(C)C)CC[C@]4(C)[C@H]3CC[C@]12C. The second kappa shape index (κ2) is 11.3. The number of rotatable bonds is 7. The number of benzene rings is 1. The number of carbonyl (C=O) groups is 1. The third-order valence-corrected chi connectivity index (χ3v) is 19.6. The van der Waals surface area contributed by atoms with Crippen molar-refractivity contribution in [3.63, 3.8) is 0 Å². The van der Waals surface area contributed by atoms with Gasteiger partial charge in [0.1, 0.15) is 0 Å². The molecular formula is C35H54O3SeSi. The van der Waals surface area contributed by atoms with Crippen LogP contribution in [0.15, 0.2) is 42.0 Å². The minimum absolute atomic E-state index is 0.0228. The molecule has 0 aliphatic heterocycles. The van der Waals surface area contributed by atoms with Gasteiger partial charge in [-0.2, -0.15) is 0 Å². The number of carbonyl (C=O) groups excluding carboxylic acids is 1. The van der Waals surface area contributed by atoms with E-state index in [0.29, 0.717) is 24.0 Å². The van der Waals surface area contributed by atoms with Crippen molar-refractivity contribution in [2.24, 2.45) is 34.5 Å². The van der Waals surface area contributed by atoms with Gasteiger partial charge in [0, 0.05) is 0 Å². The number of allylic oxidation sites excluding steroid dienone is 1. The Balaban J connectivity index is 1.35. The first-order valence-electron chi connectivity index (χ1n) is 16.1. The molecule has 0 radical (unpaired) electrons. The number of ether oxygens (including phenoxy) is 1. The van der Waals surface area contributed by atoms with Gasteiger partial charge >= 0.3 is 214 Å². The zero-order valence-corrected chi connectivity index (χ0v) is 29.1. The van der Waals surface area contributed by atoms with Gasteiger partial charge in [-0.05, 0) is 18.1 Å². The van der Waals surface area contributed by atoms with Crippen LogP contribution in [0.1, 0.15) is 92.9 Å². The zero-order valence-electron chi connectivity index (χ0n) is 26.4. The average Bonchev–Trinajstić information content (AvgIpc) is 3.24. The van der Waals surface area contributed by atoms with Gasteiger partial charge in [0.2, 0.25) is 0 Å². The summed E-state index contributed by atoms with van der Waals surface area (Å²) in [5.41, 5.74) is 2.27. The Labute approximate surface area is 251 Å². The number of hydrogen-bond donors (Lipinski definition) is 0. The van der Waals surface area contributed by atoms with Crippen LogP contribution in [-0.4, -0.2) is 42.0 Å². The molecule has 1 aromatic carbocycles. The molecule has 3 nitrogen and oxygen atoms in total. The van der Waals surface area contributed by atoms with Gasteiger partial charge < -0.3 is 0 Å². The quantitative estimate of drug-likeness (QED) is 0.173. The molecule has 5 heteroatoms. The summed E-state index contributed by atoms with van der Waals surface area (Å²) in [6, 6.07) is 10.7. The normalized spacial score (nSPS) is 36.6. The zero-order chi connectivity index (χ0) is 28.9. The summed E-state index contributed by atoms with van der Waals surface area (Å²) in [5.74, 6) is 2.74. The Hall–Kier alpha value is -0.874. The monoisotopic (exact) mass is 630 g/mol. The predicted molar refractivity (Wildman–Crippen MR) is 169 cm³/mol. The molecule has 0 saturated heterocycles. The molecule has 0 amide bonds. The standard InChI is InChI=1S/C35H54O3SeSi/c1-9-37-32(36)31(39-26-13-11-10-12-14-26)30-18-17-28-27-16-15-24-23-25(38-40(7,8)33(2,3)4)19-21-34(24,5)29(27)20-22-35(28,30)6/h10-15,25,27-31H,9,16-23H2,1-8H3/t25-,27-,28-,29-,30+,31+,34-,35-/m0/s1. The Bertz CT molecular complexity index is 1090. The molecule has 222 valence electrons. The van der Waals surface area contributed by atoms with E-state index in [2.05, 4.69) is 84.1 Å². The van der Waals surface area contributed by atoms with E-state index in [4.69, 9.17) is 9.16 Å². The first-order chi connectivity index (χ1) is 18.8. The van der Waals surface area contributed by atoms with Crippen LogP contribution in [-0.2, 0) is 14.0 Å². The van der Waals surface area contributed by atoms with Crippen molar-refractivity contribution < 1.29 is 14.0 Å². The van der Waals surface area contributed by atoms with Crippen LogP contribution in [0.4, 0.5) is 0 Å². The third-order valence-electron chi connectivity index (χ3n) is 12.3. The Morgan fingerprint density at radius 2 is 1.77 bits per heavy atom. The Morgan fingerprint density at radius 1 is 1.05 bits per heavy atom. The van der Waals surface area contributed by atoms with Gasteiger partial charge in [0.05, 0.1) is 0 Å². The van der Waals surface area contributed by atoms with Crippen molar-refractivity contribution in [1.29, 1.82) is 0 Å². The van der Waals surface area contributed by atoms with E-state index >= 15 is 0 Å². The average molecular weight is 630 g/mol. The van der Waals surface area contributed by atoms with Crippen LogP contribution in [0.5, 0.6) is 0 Å². The molecule has 8 atom stereocenters. The van der Waals surface area contributed by atoms with Gasteiger partial charge in [-0.1, -0.05) is 20.8 Å². The molecule has 0 spiro atoms. The fraction of sp³-hybridized carbons (Fsp3) is 0.743. The summed E-state index contributed by atoms with van der Waals surface area (Å²) in [6.45, 7) is 19.5. The topological polar surface area (TPSA) is 35.5 Å². The van der Waals surface area contributed by atoms with Crippen molar-refractivity contribution in [2.45, 2.75) is 122 Å². The predicted octanol–water partition coefficient (Wildman–Crippen LogP) is 8.34. The summed E-state index contributed by atoms with van der Waals surface area (Å²) in [7, 11) is -1.76. The van der Waals surface area contributed by atoms with Gasteiger partial charge in [-0.25, -0.2) is 0 Å². The van der Waals surface area contributed by atoms with Gasteiger partial charge in [0.25, 0.3) is 0 Å². The summed E-state index contributed by atoms with van der Waals surface area (Å²) >= 11 is 0.0983. The first-order valence-corrected chi connectivity index (χ1v) is 20.8. The van der Waals surface area contributed by atoms with E-state index in [1.165, 1.54) is 49.4 Å². The molecule has 0 aromatic heterocycles. The Kier molecular flexibility index (Phi) is 8.66. The molecule has 3 fully saturated rings. The van der Waals surface area contributed by atoms with Crippen LogP contribution in [0.2, 0.25) is 22.9 Å². The van der Waals surface area contributed by atoms with Crippen molar-refractivity contribution >= 4 is 33.7 Å². The second-order valence-electron chi connectivity index (χ2n) is 15.3. The van der Waals surface area contributed by atoms with E-state index in [1.54, 1.807) is 5.57 Å². The molecule has 5 rings (SSSR count). The molecule has 0 bridgehead atoms. The number of hydrogen-bond acceptors (Lipinski definition) is 3. The molecule has 0 heterocycles. The van der Waals surface area contributed by atoms with Crippen LogP contribution in [0, 0.1) is 34.5 Å². The summed E-state index contributed by atoms with van der Waals surface area (Å²) < 4.78 is 14.0. The van der Waals surface area contributed by atoms with E-state index in [9.17, 15) is 4.79 Å².